The van der Waals surface area contributed by atoms with Crippen LogP contribution in [0.1, 0.15) is 5.01 Å². The molecule has 122 valence electrons. The van der Waals surface area contributed by atoms with Gasteiger partial charge in [-0.25, -0.2) is 19.6 Å². The molecule has 0 unspecified atom stereocenters. The Hall–Kier alpha value is -2.58. The molecule has 0 saturated carbocycles. The van der Waals surface area contributed by atoms with E-state index in [4.69, 9.17) is 5.11 Å². The van der Waals surface area contributed by atoms with E-state index in [-0.39, 0.29) is 6.61 Å². The number of aliphatic hydroxyl groups is 1. The number of aliphatic hydroxyl groups excluding tert-OH is 1. The molecule has 4 aromatic rings. The number of para-hydroxylation sites is 1. The molecule has 0 saturated heterocycles. The summed E-state index contributed by atoms with van der Waals surface area (Å²) in [6.07, 6.45) is 3.28. The molecule has 0 aliphatic heterocycles. The fourth-order valence-corrected chi connectivity index (χ4v) is 3.73. The lowest BCUT2D eigenvalue weighted by Gasteiger charge is -2.17. The van der Waals surface area contributed by atoms with Crippen molar-refractivity contribution in [3.05, 3.63) is 41.8 Å². The Labute approximate surface area is 142 Å². The average Bonchev–Trinajstić information content (AvgIpc) is 3.18. The molecule has 0 bridgehead atoms. The first-order valence-corrected chi connectivity index (χ1v) is 8.41. The van der Waals surface area contributed by atoms with Crippen molar-refractivity contribution in [2.24, 2.45) is 0 Å². The van der Waals surface area contributed by atoms with Crippen LogP contribution in [0, 0.1) is 0 Å². The largest absolute Gasteiger partial charge is 0.394 e. The van der Waals surface area contributed by atoms with Crippen LogP contribution in [0.25, 0.3) is 21.3 Å². The lowest BCUT2D eigenvalue weighted by molar-refractivity contribution is 0.271. The molecule has 0 atom stereocenters. The Bertz CT molecular complexity index is 961. The number of hydrogen-bond donors (Lipinski definition) is 1. The summed E-state index contributed by atoms with van der Waals surface area (Å²) in [6, 6.07) is 8.13. The van der Waals surface area contributed by atoms with E-state index in [1.807, 2.05) is 30.1 Å². The van der Waals surface area contributed by atoms with Gasteiger partial charge >= 0.3 is 0 Å². The number of rotatable bonds is 5. The van der Waals surface area contributed by atoms with Crippen LogP contribution < -0.4 is 4.90 Å². The summed E-state index contributed by atoms with van der Waals surface area (Å²) >= 11 is 1.69. The smallest absolute Gasteiger partial charge is 0.163 e. The van der Waals surface area contributed by atoms with Crippen LogP contribution in [0.15, 0.2) is 36.8 Å². The highest BCUT2D eigenvalue weighted by atomic mass is 32.1. The van der Waals surface area contributed by atoms with Gasteiger partial charge in [-0.2, -0.15) is 5.10 Å². The third kappa shape index (κ3) is 2.59. The minimum atomic E-state index is 0.0255. The topological polar surface area (TPSA) is 80.0 Å². The first kappa shape index (κ1) is 15.0. The molecule has 4 rings (SSSR count). The number of thiazole rings is 1. The number of hydrogen-bond acceptors (Lipinski definition) is 7. The Morgan fingerprint density at radius 3 is 2.96 bits per heavy atom. The molecular weight excluding hydrogens is 324 g/mol. The maximum absolute atomic E-state index is 9.12. The van der Waals surface area contributed by atoms with Crippen molar-refractivity contribution in [3.8, 4) is 0 Å². The Morgan fingerprint density at radius 2 is 2.12 bits per heavy atom. The zero-order valence-corrected chi connectivity index (χ0v) is 13.9. The van der Waals surface area contributed by atoms with Gasteiger partial charge in [-0.15, -0.1) is 11.3 Å². The number of anilines is 1. The molecule has 0 aliphatic rings. The quantitative estimate of drug-likeness (QED) is 0.599. The highest BCUT2D eigenvalue weighted by Crippen LogP contribution is 2.26. The van der Waals surface area contributed by atoms with Gasteiger partial charge in [0.1, 0.15) is 17.2 Å². The minimum absolute atomic E-state index is 0.0255. The van der Waals surface area contributed by atoms with Crippen LogP contribution >= 0.6 is 11.3 Å². The van der Waals surface area contributed by atoms with Crippen LogP contribution in [0.3, 0.4) is 0 Å². The molecule has 0 amide bonds. The van der Waals surface area contributed by atoms with Gasteiger partial charge in [0.15, 0.2) is 5.65 Å². The van der Waals surface area contributed by atoms with E-state index < -0.39 is 0 Å². The van der Waals surface area contributed by atoms with Crippen LogP contribution in [0.4, 0.5) is 5.82 Å². The number of benzene rings is 1. The van der Waals surface area contributed by atoms with Gasteiger partial charge in [-0.05, 0) is 12.1 Å². The summed E-state index contributed by atoms with van der Waals surface area (Å²) in [5, 5.41) is 15.3. The van der Waals surface area contributed by atoms with Gasteiger partial charge < -0.3 is 10.0 Å². The molecule has 8 heteroatoms. The first-order valence-electron chi connectivity index (χ1n) is 7.59. The fourth-order valence-electron chi connectivity index (χ4n) is 2.71. The maximum Gasteiger partial charge on any atom is 0.163 e. The van der Waals surface area contributed by atoms with Gasteiger partial charge in [-0.1, -0.05) is 12.1 Å². The minimum Gasteiger partial charge on any atom is -0.394 e. The second-order valence-electron chi connectivity index (χ2n) is 5.46. The molecule has 3 heterocycles. The summed E-state index contributed by atoms with van der Waals surface area (Å²) in [5.74, 6) is 0.809. The molecular formula is C16H16N6OS. The van der Waals surface area contributed by atoms with Crippen molar-refractivity contribution in [2.75, 3.05) is 18.6 Å². The fraction of sp³-hybridized carbons (Fsp3) is 0.250. The molecule has 0 aliphatic carbocycles. The molecule has 0 radical (unpaired) electrons. The second kappa shape index (κ2) is 6.14. The Kier molecular flexibility index (Phi) is 3.83. The molecule has 1 N–H and O–H groups in total. The Morgan fingerprint density at radius 1 is 1.25 bits per heavy atom. The molecule has 0 fully saturated rings. The summed E-state index contributed by atoms with van der Waals surface area (Å²) in [6.45, 7) is 1.11. The van der Waals surface area contributed by atoms with Crippen molar-refractivity contribution in [3.63, 3.8) is 0 Å². The monoisotopic (exact) mass is 340 g/mol. The summed E-state index contributed by atoms with van der Waals surface area (Å²) in [4.78, 5) is 15.4. The average molecular weight is 340 g/mol. The van der Waals surface area contributed by atoms with Gasteiger partial charge in [0.05, 0.1) is 41.5 Å². The van der Waals surface area contributed by atoms with Crippen molar-refractivity contribution < 1.29 is 5.11 Å². The van der Waals surface area contributed by atoms with Gasteiger partial charge in [0, 0.05) is 7.05 Å². The van der Waals surface area contributed by atoms with E-state index in [2.05, 4.69) is 26.1 Å². The van der Waals surface area contributed by atoms with E-state index in [0.717, 1.165) is 27.4 Å². The molecule has 7 nitrogen and oxygen atoms in total. The van der Waals surface area contributed by atoms with E-state index in [0.29, 0.717) is 13.1 Å². The lowest BCUT2D eigenvalue weighted by Crippen LogP contribution is -2.18. The molecule has 0 spiro atoms. The van der Waals surface area contributed by atoms with Crippen LogP contribution in [0.5, 0.6) is 0 Å². The molecule has 24 heavy (non-hydrogen) atoms. The zero-order chi connectivity index (χ0) is 16.5. The van der Waals surface area contributed by atoms with Crippen LogP contribution in [-0.2, 0) is 13.1 Å². The normalized spacial score (nSPS) is 11.4. The summed E-state index contributed by atoms with van der Waals surface area (Å²) < 4.78 is 2.87. The third-order valence-corrected chi connectivity index (χ3v) is 4.82. The second-order valence-corrected chi connectivity index (χ2v) is 6.57. The Balaban J connectivity index is 1.66. The van der Waals surface area contributed by atoms with Crippen molar-refractivity contribution in [1.82, 2.24) is 24.7 Å². The van der Waals surface area contributed by atoms with E-state index in [1.165, 1.54) is 11.0 Å². The van der Waals surface area contributed by atoms with Crippen molar-refractivity contribution >= 4 is 38.4 Å². The number of aromatic nitrogens is 5. The first-order chi connectivity index (χ1) is 11.8. The van der Waals surface area contributed by atoms with E-state index in [1.54, 1.807) is 22.2 Å². The van der Waals surface area contributed by atoms with Gasteiger partial charge in [0.25, 0.3) is 0 Å². The van der Waals surface area contributed by atoms with E-state index in [9.17, 15) is 0 Å². The maximum atomic E-state index is 9.12. The number of nitrogens with zero attached hydrogens (tertiary/aromatic N) is 6. The highest BCUT2D eigenvalue weighted by Gasteiger charge is 2.14. The molecule has 1 aromatic carbocycles. The van der Waals surface area contributed by atoms with Gasteiger partial charge in [0.2, 0.25) is 0 Å². The SMILES string of the molecule is CN(Cc1nc2ccccc2s1)c1ncnc2c1cnn2CCO. The summed E-state index contributed by atoms with van der Waals surface area (Å²) in [5.41, 5.74) is 1.75. The van der Waals surface area contributed by atoms with Crippen molar-refractivity contribution in [2.45, 2.75) is 13.1 Å². The van der Waals surface area contributed by atoms with Gasteiger partial charge in [-0.3, -0.25) is 0 Å². The lowest BCUT2D eigenvalue weighted by atomic mass is 10.3. The van der Waals surface area contributed by atoms with Crippen LogP contribution in [0.2, 0.25) is 0 Å². The highest BCUT2D eigenvalue weighted by molar-refractivity contribution is 7.18. The van der Waals surface area contributed by atoms with E-state index >= 15 is 0 Å². The van der Waals surface area contributed by atoms with Crippen molar-refractivity contribution in [1.29, 1.82) is 0 Å². The van der Waals surface area contributed by atoms with Crippen LogP contribution in [-0.4, -0.2) is 43.5 Å². The zero-order valence-electron chi connectivity index (χ0n) is 13.1. The third-order valence-electron chi connectivity index (χ3n) is 3.80. The summed E-state index contributed by atoms with van der Waals surface area (Å²) in [7, 11) is 1.98. The number of fused-ring (bicyclic) bond motifs is 2. The molecule has 3 aromatic heterocycles. The standard InChI is InChI=1S/C16H16N6OS/c1-21(9-14-20-12-4-2-3-5-13(12)24-14)15-11-8-19-22(6-7-23)16(11)18-10-17-15/h2-5,8,10,23H,6-7,9H2,1H3. The predicted octanol–water partition coefficient (Wildman–Crippen LogP) is 2.06. The predicted molar refractivity (Wildman–Crippen MR) is 94.1 cm³/mol.